The first-order valence-corrected chi connectivity index (χ1v) is 21.7. The summed E-state index contributed by atoms with van der Waals surface area (Å²) >= 11 is 0. The van der Waals surface area contributed by atoms with E-state index in [1.807, 2.05) is 18.2 Å². The minimum atomic E-state index is -3.36. The van der Waals surface area contributed by atoms with Gasteiger partial charge in [0.2, 0.25) is 0 Å². The van der Waals surface area contributed by atoms with Gasteiger partial charge in [0, 0.05) is 32.3 Å². The van der Waals surface area contributed by atoms with Gasteiger partial charge in [0.25, 0.3) is 5.97 Å². The first kappa shape index (κ1) is 44.7. The number of hydrogen-bond donors (Lipinski definition) is 0. The molecule has 1 heterocycles. The number of esters is 1. The Bertz CT molecular complexity index is 942. The third-order valence-corrected chi connectivity index (χ3v) is 11.4. The Morgan fingerprint density at radius 1 is 0.740 bits per heavy atom. The molecule has 1 aromatic rings. The van der Waals surface area contributed by atoms with Gasteiger partial charge < -0.3 is 41.7 Å². The van der Waals surface area contributed by atoms with E-state index < -0.39 is 26.9 Å². The maximum atomic E-state index is 12.9. The molecule has 1 fully saturated rings. The van der Waals surface area contributed by atoms with Gasteiger partial charge in [-0.15, -0.1) is 0 Å². The second-order valence-electron chi connectivity index (χ2n) is 13.1. The highest BCUT2D eigenvalue weighted by atomic mass is 28.4. The number of unbranched alkanes of at least 4 members (excludes halogenated alkanes) is 3. The summed E-state index contributed by atoms with van der Waals surface area (Å²) in [6.07, 6.45) is 10.9. The lowest BCUT2D eigenvalue weighted by molar-refractivity contribution is -0.420. The molecule has 0 N–H and O–H groups in total. The van der Waals surface area contributed by atoms with Crippen molar-refractivity contribution in [1.29, 1.82) is 0 Å². The lowest BCUT2D eigenvalue weighted by atomic mass is 10.0. The molecular weight excluding hydrogens is 657 g/mol. The number of carbonyl (C=O) groups is 1. The number of carbonyl (C=O) groups excluding carboxylic acids is 1. The van der Waals surface area contributed by atoms with Crippen LogP contribution in [0.4, 0.5) is 0 Å². The Labute approximate surface area is 304 Å². The van der Waals surface area contributed by atoms with Crippen LogP contribution in [0.1, 0.15) is 148 Å². The average Bonchev–Trinajstić information content (AvgIpc) is 3.13. The van der Waals surface area contributed by atoms with E-state index in [1.54, 1.807) is 12.1 Å². The van der Waals surface area contributed by atoms with Crippen molar-refractivity contribution in [2.45, 2.75) is 162 Å². The van der Waals surface area contributed by atoms with Gasteiger partial charge in [-0.1, -0.05) is 85.4 Å². The summed E-state index contributed by atoms with van der Waals surface area (Å²) in [5.41, 5.74) is 0.508. The molecule has 2 atom stereocenters. The summed E-state index contributed by atoms with van der Waals surface area (Å²) in [5, 5.41) is 0. The van der Waals surface area contributed by atoms with Gasteiger partial charge >= 0.3 is 14.8 Å². The van der Waals surface area contributed by atoms with Gasteiger partial charge in [0.1, 0.15) is 0 Å². The fourth-order valence-corrected chi connectivity index (χ4v) is 8.66. The quantitative estimate of drug-likeness (QED) is 0.0318. The standard InChI is InChI=1S/C39H70O10Si/c1-7-13-30-43-39(44-31-14-8-2,45-32-15-9-3)34-38(48-36-24-19-20-28-41-36,25-21-29-42-37(40)35-22-17-16-18-23-35)49-50(33-12-6,46-26-10-4)47-27-11-5/h16-18,22-23,36H,7-15,19-21,24-34H2,1-6H3. The van der Waals surface area contributed by atoms with Crippen LogP contribution in [-0.2, 0) is 41.7 Å². The van der Waals surface area contributed by atoms with E-state index in [4.69, 9.17) is 41.7 Å². The number of ether oxygens (including phenoxy) is 6. The Hall–Kier alpha value is -1.41. The SMILES string of the molecule is CCCCOC(CC(CCCOC(=O)c1ccccc1)(OC1CCCCO1)O[Si](CCC)(OCCC)OCCC)(OCCCC)OCCCC. The molecule has 50 heavy (non-hydrogen) atoms. The van der Waals surface area contributed by atoms with Crippen LogP contribution in [0.5, 0.6) is 0 Å². The highest BCUT2D eigenvalue weighted by Gasteiger charge is 2.55. The molecule has 290 valence electrons. The van der Waals surface area contributed by atoms with Gasteiger partial charge in [0.05, 0.1) is 38.4 Å². The number of benzene rings is 1. The van der Waals surface area contributed by atoms with Crippen LogP contribution in [0.3, 0.4) is 0 Å². The number of rotatable bonds is 31. The van der Waals surface area contributed by atoms with Crippen LogP contribution in [0.25, 0.3) is 0 Å². The smallest absolute Gasteiger partial charge is 0.462 e. The van der Waals surface area contributed by atoms with Crippen LogP contribution in [0.2, 0.25) is 6.04 Å². The van der Waals surface area contributed by atoms with Gasteiger partial charge in [-0.25, -0.2) is 4.79 Å². The summed E-state index contributed by atoms with van der Waals surface area (Å²) < 4.78 is 59.6. The summed E-state index contributed by atoms with van der Waals surface area (Å²) in [6.45, 7) is 15.8. The second kappa shape index (κ2) is 26.4. The minimum absolute atomic E-state index is 0.104. The third kappa shape index (κ3) is 16.9. The fraction of sp³-hybridized carbons (Fsp3) is 0.821. The first-order chi connectivity index (χ1) is 24.3. The van der Waals surface area contributed by atoms with Crippen LogP contribution in [0.15, 0.2) is 30.3 Å². The van der Waals surface area contributed by atoms with Crippen molar-refractivity contribution in [2.24, 2.45) is 0 Å². The van der Waals surface area contributed by atoms with Crippen LogP contribution >= 0.6 is 0 Å². The Kier molecular flexibility index (Phi) is 23.6. The molecule has 1 aliphatic heterocycles. The normalized spacial score (nSPS) is 16.7. The molecule has 0 amide bonds. The molecule has 1 aromatic carbocycles. The summed E-state index contributed by atoms with van der Waals surface area (Å²) in [7, 11) is -3.36. The lowest BCUT2D eigenvalue weighted by Gasteiger charge is -2.47. The van der Waals surface area contributed by atoms with Crippen LogP contribution in [-0.4, -0.2) is 79.1 Å². The second-order valence-corrected chi connectivity index (χ2v) is 15.8. The maximum Gasteiger partial charge on any atom is 0.503 e. The largest absolute Gasteiger partial charge is 0.503 e. The third-order valence-electron chi connectivity index (χ3n) is 8.32. The van der Waals surface area contributed by atoms with Gasteiger partial charge in [0.15, 0.2) is 12.1 Å². The molecule has 0 saturated carbocycles. The van der Waals surface area contributed by atoms with Crippen molar-refractivity contribution in [3.05, 3.63) is 35.9 Å². The molecule has 0 aliphatic carbocycles. The summed E-state index contributed by atoms with van der Waals surface area (Å²) in [4.78, 5) is 12.9. The maximum absolute atomic E-state index is 12.9. The summed E-state index contributed by atoms with van der Waals surface area (Å²) in [6, 6.07) is 9.65. The van der Waals surface area contributed by atoms with E-state index in [1.165, 1.54) is 0 Å². The number of hydrogen-bond acceptors (Lipinski definition) is 10. The lowest BCUT2D eigenvalue weighted by Crippen LogP contribution is -2.59. The molecule has 10 nitrogen and oxygen atoms in total. The van der Waals surface area contributed by atoms with Crippen LogP contribution < -0.4 is 0 Å². The zero-order valence-corrected chi connectivity index (χ0v) is 33.3. The van der Waals surface area contributed by atoms with Crippen molar-refractivity contribution in [2.75, 3.05) is 46.2 Å². The van der Waals surface area contributed by atoms with E-state index >= 15 is 0 Å². The monoisotopic (exact) mass is 726 g/mol. The Balaban J connectivity index is 2.65. The molecule has 11 heteroatoms. The molecular formula is C39H70O10Si. The van der Waals surface area contributed by atoms with Gasteiger partial charge in [-0.3, -0.25) is 0 Å². The van der Waals surface area contributed by atoms with E-state index in [-0.39, 0.29) is 19.0 Å². The fourth-order valence-electron chi connectivity index (χ4n) is 5.63. The molecule has 0 bridgehead atoms. The zero-order chi connectivity index (χ0) is 36.4. The highest BCUT2D eigenvalue weighted by molar-refractivity contribution is 6.60. The molecule has 0 spiro atoms. The highest BCUT2D eigenvalue weighted by Crippen LogP contribution is 2.41. The van der Waals surface area contributed by atoms with Crippen molar-refractivity contribution in [1.82, 2.24) is 0 Å². The predicted molar refractivity (Wildman–Crippen MR) is 198 cm³/mol. The van der Waals surface area contributed by atoms with E-state index in [9.17, 15) is 4.79 Å². The zero-order valence-electron chi connectivity index (χ0n) is 32.3. The van der Waals surface area contributed by atoms with Gasteiger partial charge in [-0.05, 0) is 69.9 Å². The van der Waals surface area contributed by atoms with E-state index in [0.717, 1.165) is 77.0 Å². The first-order valence-electron chi connectivity index (χ1n) is 19.8. The Morgan fingerprint density at radius 3 is 1.84 bits per heavy atom. The van der Waals surface area contributed by atoms with Crippen molar-refractivity contribution >= 4 is 14.8 Å². The summed E-state index contributed by atoms with van der Waals surface area (Å²) in [5.74, 6) is -3.19. The van der Waals surface area contributed by atoms with Crippen molar-refractivity contribution in [3.8, 4) is 0 Å². The molecule has 1 saturated heterocycles. The predicted octanol–water partition coefficient (Wildman–Crippen LogP) is 9.58. The van der Waals surface area contributed by atoms with E-state index in [0.29, 0.717) is 64.1 Å². The van der Waals surface area contributed by atoms with Crippen LogP contribution in [0, 0.1) is 0 Å². The minimum Gasteiger partial charge on any atom is -0.462 e. The average molecular weight is 727 g/mol. The molecule has 2 rings (SSSR count). The molecule has 0 aromatic heterocycles. The molecule has 2 unspecified atom stereocenters. The Morgan fingerprint density at radius 2 is 1.34 bits per heavy atom. The van der Waals surface area contributed by atoms with Crippen molar-refractivity contribution < 1.29 is 46.5 Å². The molecule has 1 aliphatic rings. The topological polar surface area (TPSA) is 100 Å². The van der Waals surface area contributed by atoms with E-state index in [2.05, 4.69) is 41.5 Å². The van der Waals surface area contributed by atoms with Crippen molar-refractivity contribution in [3.63, 3.8) is 0 Å². The van der Waals surface area contributed by atoms with Gasteiger partial charge in [-0.2, -0.15) is 0 Å². The molecule has 0 radical (unpaired) electrons.